The predicted octanol–water partition coefficient (Wildman–Crippen LogP) is 3.94. The first-order valence-corrected chi connectivity index (χ1v) is 11.0. The molecule has 4 rings (SSSR count). The zero-order valence-electron chi connectivity index (χ0n) is 18.2. The second kappa shape index (κ2) is 9.68. The van der Waals surface area contributed by atoms with Crippen LogP contribution in [0.2, 0.25) is 0 Å². The van der Waals surface area contributed by atoms with Crippen molar-refractivity contribution in [3.05, 3.63) is 60.3 Å². The van der Waals surface area contributed by atoms with Crippen LogP contribution < -0.4 is 10.6 Å². The molecule has 3 amide bonds. The summed E-state index contributed by atoms with van der Waals surface area (Å²) in [7, 11) is 0. The van der Waals surface area contributed by atoms with Crippen LogP contribution in [0, 0.1) is 5.92 Å². The predicted molar refractivity (Wildman–Crippen MR) is 125 cm³/mol. The molecular weight excluding hydrogens is 404 g/mol. The first-order valence-electron chi connectivity index (χ1n) is 11.0. The van der Waals surface area contributed by atoms with Crippen LogP contribution in [0.4, 0.5) is 11.4 Å². The molecule has 3 N–H and O–H groups in total. The quantitative estimate of drug-likeness (QED) is 0.551. The molecule has 32 heavy (non-hydrogen) atoms. The molecule has 1 aromatic heterocycles. The lowest BCUT2D eigenvalue weighted by Gasteiger charge is -2.32. The summed E-state index contributed by atoms with van der Waals surface area (Å²) >= 11 is 0. The Bertz CT molecular complexity index is 1120. The van der Waals surface area contributed by atoms with E-state index >= 15 is 0 Å². The topological polar surface area (TPSA) is 94.3 Å². The molecule has 1 unspecified atom stereocenters. The van der Waals surface area contributed by atoms with E-state index in [1.807, 2.05) is 29.3 Å². The highest BCUT2D eigenvalue weighted by Gasteiger charge is 2.28. The van der Waals surface area contributed by atoms with Crippen LogP contribution in [0.25, 0.3) is 10.9 Å². The van der Waals surface area contributed by atoms with Gasteiger partial charge in [-0.25, -0.2) is 0 Å². The molecule has 7 nitrogen and oxygen atoms in total. The lowest BCUT2D eigenvalue weighted by Crippen LogP contribution is -2.43. The maximum atomic E-state index is 12.8. The van der Waals surface area contributed by atoms with E-state index in [1.165, 1.54) is 6.92 Å². The standard InChI is InChI=1S/C25H28N4O3/c1-17(30)27-20-9-11-21(12-10-20)28-25(32)19-5-4-14-29(16-19)24(31)13-8-18-15-26-23-7-3-2-6-22(18)23/h2-3,6-7,9-12,15,19,26H,4-5,8,13-14,16H2,1H3,(H,27,30)(H,28,32). The normalized spacial score (nSPS) is 16.0. The Morgan fingerprint density at radius 1 is 1.03 bits per heavy atom. The summed E-state index contributed by atoms with van der Waals surface area (Å²) in [5.41, 5.74) is 3.57. The largest absolute Gasteiger partial charge is 0.361 e. The third kappa shape index (κ3) is 5.17. The van der Waals surface area contributed by atoms with Crippen molar-refractivity contribution in [2.75, 3.05) is 23.7 Å². The third-order valence-corrected chi connectivity index (χ3v) is 5.90. The molecule has 0 aliphatic carbocycles. The monoisotopic (exact) mass is 432 g/mol. The number of hydrogen-bond acceptors (Lipinski definition) is 3. The average Bonchev–Trinajstić information content (AvgIpc) is 3.21. The average molecular weight is 433 g/mol. The van der Waals surface area contributed by atoms with Gasteiger partial charge in [0.05, 0.1) is 5.92 Å². The van der Waals surface area contributed by atoms with E-state index in [-0.39, 0.29) is 23.6 Å². The summed E-state index contributed by atoms with van der Waals surface area (Å²) in [5, 5.41) is 6.79. The Labute approximate surface area is 187 Å². The maximum Gasteiger partial charge on any atom is 0.229 e. The van der Waals surface area contributed by atoms with Crippen LogP contribution in [-0.2, 0) is 20.8 Å². The van der Waals surface area contributed by atoms with E-state index in [4.69, 9.17) is 0 Å². The van der Waals surface area contributed by atoms with Gasteiger partial charge in [0.15, 0.2) is 0 Å². The Morgan fingerprint density at radius 3 is 2.50 bits per heavy atom. The van der Waals surface area contributed by atoms with E-state index in [2.05, 4.69) is 21.7 Å². The van der Waals surface area contributed by atoms with E-state index in [1.54, 1.807) is 24.3 Å². The van der Waals surface area contributed by atoms with Gasteiger partial charge in [0.25, 0.3) is 0 Å². The number of aromatic amines is 1. The fraction of sp³-hybridized carbons (Fsp3) is 0.320. The molecule has 1 atom stereocenters. The van der Waals surface area contributed by atoms with Crippen molar-refractivity contribution in [3.8, 4) is 0 Å². The number of anilines is 2. The Balaban J connectivity index is 1.30. The lowest BCUT2D eigenvalue weighted by atomic mass is 9.96. The van der Waals surface area contributed by atoms with Crippen molar-refractivity contribution in [1.82, 2.24) is 9.88 Å². The van der Waals surface area contributed by atoms with Crippen molar-refractivity contribution in [2.24, 2.45) is 5.92 Å². The molecule has 1 aliphatic heterocycles. The molecule has 2 aromatic carbocycles. The number of rotatable bonds is 6. The Kier molecular flexibility index (Phi) is 6.54. The highest BCUT2D eigenvalue weighted by molar-refractivity contribution is 5.94. The highest BCUT2D eigenvalue weighted by Crippen LogP contribution is 2.22. The van der Waals surface area contributed by atoms with E-state index in [0.717, 1.165) is 29.3 Å². The zero-order chi connectivity index (χ0) is 22.5. The number of hydrogen-bond donors (Lipinski definition) is 3. The van der Waals surface area contributed by atoms with Crippen LogP contribution in [0.15, 0.2) is 54.7 Å². The van der Waals surface area contributed by atoms with Crippen LogP contribution in [0.3, 0.4) is 0 Å². The van der Waals surface area contributed by atoms with E-state index < -0.39 is 0 Å². The summed E-state index contributed by atoms with van der Waals surface area (Å²) in [6.07, 6.45) is 4.67. The van der Waals surface area contributed by atoms with Crippen molar-refractivity contribution >= 4 is 40.0 Å². The minimum Gasteiger partial charge on any atom is -0.361 e. The third-order valence-electron chi connectivity index (χ3n) is 5.90. The molecule has 7 heteroatoms. The highest BCUT2D eigenvalue weighted by atomic mass is 16.2. The number of aromatic nitrogens is 1. The molecule has 2 heterocycles. The minimum atomic E-state index is -0.226. The Morgan fingerprint density at radius 2 is 1.75 bits per heavy atom. The summed E-state index contributed by atoms with van der Waals surface area (Å²) < 4.78 is 0. The van der Waals surface area contributed by atoms with Crippen molar-refractivity contribution in [2.45, 2.75) is 32.6 Å². The second-order valence-electron chi connectivity index (χ2n) is 8.29. The van der Waals surface area contributed by atoms with Crippen LogP contribution >= 0.6 is 0 Å². The van der Waals surface area contributed by atoms with Gasteiger partial charge >= 0.3 is 0 Å². The number of carbonyl (C=O) groups excluding carboxylic acids is 3. The van der Waals surface area contributed by atoms with Crippen LogP contribution in [0.5, 0.6) is 0 Å². The molecule has 1 saturated heterocycles. The number of likely N-dealkylation sites (tertiary alicyclic amines) is 1. The first kappa shape index (κ1) is 21.6. The molecule has 1 aliphatic rings. The smallest absolute Gasteiger partial charge is 0.229 e. The van der Waals surface area contributed by atoms with Gasteiger partial charge in [-0.2, -0.15) is 0 Å². The lowest BCUT2D eigenvalue weighted by molar-refractivity contribution is -0.134. The van der Waals surface area contributed by atoms with Gasteiger partial charge in [-0.05, 0) is 55.2 Å². The first-order chi connectivity index (χ1) is 15.5. The maximum absolute atomic E-state index is 12.8. The molecule has 166 valence electrons. The number of nitrogens with zero attached hydrogens (tertiary/aromatic N) is 1. The molecule has 0 bridgehead atoms. The van der Waals surface area contributed by atoms with Crippen molar-refractivity contribution in [3.63, 3.8) is 0 Å². The number of piperidine rings is 1. The molecule has 0 saturated carbocycles. The molecule has 0 spiro atoms. The van der Waals surface area contributed by atoms with Crippen LogP contribution in [0.1, 0.15) is 31.7 Å². The fourth-order valence-electron chi connectivity index (χ4n) is 4.24. The number of carbonyl (C=O) groups is 3. The van der Waals surface area contributed by atoms with Gasteiger partial charge in [0, 0.05) is 54.9 Å². The summed E-state index contributed by atoms with van der Waals surface area (Å²) in [6.45, 7) is 2.59. The van der Waals surface area contributed by atoms with Crippen LogP contribution in [-0.4, -0.2) is 40.7 Å². The van der Waals surface area contributed by atoms with Crippen molar-refractivity contribution < 1.29 is 14.4 Å². The van der Waals surface area contributed by atoms with Gasteiger partial charge in [0.1, 0.15) is 0 Å². The number of H-pyrrole nitrogens is 1. The summed E-state index contributed by atoms with van der Waals surface area (Å²) in [6, 6.07) is 15.1. The molecule has 1 fully saturated rings. The van der Waals surface area contributed by atoms with Gasteiger partial charge in [-0.15, -0.1) is 0 Å². The summed E-state index contributed by atoms with van der Waals surface area (Å²) in [4.78, 5) is 41.8. The number of para-hydroxylation sites is 1. The van der Waals surface area contributed by atoms with Crippen molar-refractivity contribution in [1.29, 1.82) is 0 Å². The van der Waals surface area contributed by atoms with Gasteiger partial charge in [-0.3, -0.25) is 14.4 Å². The second-order valence-corrected chi connectivity index (χ2v) is 8.29. The number of nitrogens with one attached hydrogen (secondary N) is 3. The SMILES string of the molecule is CC(=O)Nc1ccc(NC(=O)C2CCCN(C(=O)CCc3c[nH]c4ccccc34)C2)cc1. The Hall–Kier alpha value is -3.61. The van der Waals surface area contributed by atoms with Gasteiger partial charge < -0.3 is 20.5 Å². The molecule has 3 aromatic rings. The fourth-order valence-corrected chi connectivity index (χ4v) is 4.24. The van der Waals surface area contributed by atoms with Gasteiger partial charge in [-0.1, -0.05) is 18.2 Å². The van der Waals surface area contributed by atoms with E-state index in [0.29, 0.717) is 37.3 Å². The minimum absolute atomic E-state index is 0.0774. The number of amides is 3. The zero-order valence-corrected chi connectivity index (χ0v) is 18.2. The number of benzene rings is 2. The van der Waals surface area contributed by atoms with E-state index in [9.17, 15) is 14.4 Å². The summed E-state index contributed by atoms with van der Waals surface area (Å²) in [5.74, 6) is -0.354. The van der Waals surface area contributed by atoms with Gasteiger partial charge in [0.2, 0.25) is 17.7 Å². The molecular formula is C25H28N4O3. The number of aryl methyl sites for hydroxylation is 1. The number of fused-ring (bicyclic) bond motifs is 1. The molecule has 0 radical (unpaired) electrons.